The van der Waals surface area contributed by atoms with Crippen LogP contribution in [-0.2, 0) is 21.7 Å². The summed E-state index contributed by atoms with van der Waals surface area (Å²) in [7, 11) is 0. The quantitative estimate of drug-likeness (QED) is 0.166. The predicted octanol–water partition coefficient (Wildman–Crippen LogP) is 18.0. The van der Waals surface area contributed by atoms with Crippen LogP contribution in [0.5, 0.6) is 0 Å². The maximum atomic E-state index is 6.73. The molecule has 3 heteroatoms. The van der Waals surface area contributed by atoms with Gasteiger partial charge in [-0.3, -0.25) is 0 Å². The summed E-state index contributed by atoms with van der Waals surface area (Å²) in [6.07, 6.45) is 0. The average molecular weight is 867 g/mol. The molecule has 0 unspecified atom stereocenters. The number of fused-ring (bicyclic) bond motifs is 3. The topological polar surface area (TPSA) is 16.4 Å². The third-order valence-corrected chi connectivity index (χ3v) is 12.5. The molecule has 61 heavy (non-hydrogen) atoms. The minimum Gasteiger partial charge on any atom is -0.456 e. The van der Waals surface area contributed by atoms with Crippen molar-refractivity contribution in [3.05, 3.63) is 172 Å². The van der Waals surface area contributed by atoms with Gasteiger partial charge in [0.15, 0.2) is 0 Å². The van der Waals surface area contributed by atoms with E-state index in [1.54, 1.807) is 0 Å². The lowest BCUT2D eigenvalue weighted by Gasteiger charge is -2.29. The second-order valence-corrected chi connectivity index (χ2v) is 21.9. The Morgan fingerprint density at radius 2 is 0.852 bits per heavy atom. The summed E-state index contributed by atoms with van der Waals surface area (Å²) < 4.78 is 7.74. The second-order valence-electron chi connectivity index (χ2n) is 21.0. The van der Waals surface area contributed by atoms with Crippen LogP contribution in [0.4, 0.5) is 17.1 Å². The Morgan fingerprint density at radius 3 is 1.43 bits per heavy atom. The highest BCUT2D eigenvalue weighted by Gasteiger charge is 2.26. The smallest absolute Gasteiger partial charge is 0.138 e. The molecule has 0 N–H and O–H groups in total. The van der Waals surface area contributed by atoms with Crippen LogP contribution in [0.25, 0.3) is 55.3 Å². The standard InChI is InChI=1S/C58H60BrNO/c1-55(2,3)43-25-39(26-44(34-43)56(4,5)6)38-21-18-22-48(30-38)60(49-31-41(29-47(59)36-49)40-27-45(57(7,8)9)35-46(28-40)58(10,11)12)51-32-42(37-19-14-13-15-20-37)33-53-54(51)50-23-16-17-24-52(50)61-53/h13-36H,1-12H3. The van der Waals surface area contributed by atoms with Gasteiger partial charge in [-0.1, -0.05) is 196 Å². The molecule has 0 aliphatic rings. The van der Waals surface area contributed by atoms with Crippen LogP contribution < -0.4 is 4.90 Å². The van der Waals surface area contributed by atoms with E-state index >= 15 is 0 Å². The van der Waals surface area contributed by atoms with Gasteiger partial charge in [0.05, 0.1) is 11.1 Å². The number of nitrogens with zero attached hydrogens (tertiary/aromatic N) is 1. The lowest BCUT2D eigenvalue weighted by molar-refractivity contribution is 0.568. The van der Waals surface area contributed by atoms with Crippen LogP contribution in [0.1, 0.15) is 105 Å². The van der Waals surface area contributed by atoms with Crippen molar-refractivity contribution in [2.75, 3.05) is 4.90 Å². The molecule has 1 heterocycles. The third-order valence-electron chi connectivity index (χ3n) is 12.0. The van der Waals surface area contributed by atoms with Crippen LogP contribution in [0, 0.1) is 0 Å². The number of benzene rings is 7. The summed E-state index contributed by atoms with van der Waals surface area (Å²) >= 11 is 4.03. The highest BCUT2D eigenvalue weighted by atomic mass is 79.9. The molecule has 0 aliphatic carbocycles. The molecule has 2 nitrogen and oxygen atoms in total. The molecule has 0 aliphatic heterocycles. The lowest BCUT2D eigenvalue weighted by atomic mass is 9.79. The first-order valence-corrected chi connectivity index (χ1v) is 22.5. The van der Waals surface area contributed by atoms with E-state index in [9.17, 15) is 0 Å². The first kappa shape index (κ1) is 42.3. The fraction of sp³-hybridized carbons (Fsp3) is 0.276. The minimum atomic E-state index is -0.0136. The zero-order valence-corrected chi connectivity index (χ0v) is 39.7. The molecule has 0 bridgehead atoms. The van der Waals surface area contributed by atoms with Crippen molar-refractivity contribution < 1.29 is 4.42 Å². The summed E-state index contributed by atoms with van der Waals surface area (Å²) in [5.41, 5.74) is 17.2. The average Bonchev–Trinajstić information content (AvgIpc) is 3.58. The van der Waals surface area contributed by atoms with Gasteiger partial charge in [0.1, 0.15) is 11.2 Å². The molecule has 0 spiro atoms. The molecule has 8 rings (SSSR count). The molecule has 0 amide bonds. The molecule has 7 aromatic carbocycles. The molecule has 0 fully saturated rings. The van der Waals surface area contributed by atoms with Gasteiger partial charge in [0.2, 0.25) is 0 Å². The SMILES string of the molecule is CC(C)(C)c1cc(-c2cccc(N(c3cc(Br)cc(-c4cc(C(C)(C)C)cc(C(C)(C)C)c4)c3)c3cc(-c4ccccc4)cc4oc5ccccc5c34)c2)cc(C(C)(C)C)c1. The van der Waals surface area contributed by atoms with Crippen molar-refractivity contribution >= 4 is 54.9 Å². The van der Waals surface area contributed by atoms with Crippen molar-refractivity contribution in [2.24, 2.45) is 0 Å². The molecule has 0 saturated carbocycles. The molecular formula is C58H60BrNO. The summed E-state index contributed by atoms with van der Waals surface area (Å²) in [6.45, 7) is 27.7. The van der Waals surface area contributed by atoms with Crippen LogP contribution >= 0.6 is 15.9 Å². The molecular weight excluding hydrogens is 807 g/mol. The summed E-state index contributed by atoms with van der Waals surface area (Å²) in [5, 5.41) is 2.17. The summed E-state index contributed by atoms with van der Waals surface area (Å²) in [5.74, 6) is 0. The fourth-order valence-electron chi connectivity index (χ4n) is 8.25. The van der Waals surface area contributed by atoms with E-state index in [0.29, 0.717) is 0 Å². The monoisotopic (exact) mass is 865 g/mol. The second kappa shape index (κ2) is 15.5. The maximum Gasteiger partial charge on any atom is 0.138 e. The number of anilines is 3. The largest absolute Gasteiger partial charge is 0.456 e. The number of para-hydroxylation sites is 1. The van der Waals surface area contributed by atoms with E-state index in [0.717, 1.165) is 60.2 Å². The zero-order valence-electron chi connectivity index (χ0n) is 38.1. The van der Waals surface area contributed by atoms with E-state index in [4.69, 9.17) is 4.42 Å². The number of halogens is 1. The highest BCUT2D eigenvalue weighted by Crippen LogP contribution is 2.48. The molecule has 0 atom stereocenters. The van der Waals surface area contributed by atoms with Gasteiger partial charge >= 0.3 is 0 Å². The van der Waals surface area contributed by atoms with E-state index in [1.165, 1.54) is 38.9 Å². The van der Waals surface area contributed by atoms with Gasteiger partial charge < -0.3 is 9.32 Å². The van der Waals surface area contributed by atoms with E-state index in [-0.39, 0.29) is 21.7 Å². The summed E-state index contributed by atoms with van der Waals surface area (Å²) in [4.78, 5) is 2.45. The van der Waals surface area contributed by atoms with Crippen LogP contribution in [0.15, 0.2) is 154 Å². The first-order chi connectivity index (χ1) is 28.6. The van der Waals surface area contributed by atoms with Gasteiger partial charge in [0.25, 0.3) is 0 Å². The normalized spacial score (nSPS) is 12.7. The predicted molar refractivity (Wildman–Crippen MR) is 267 cm³/mol. The van der Waals surface area contributed by atoms with Crippen molar-refractivity contribution in [2.45, 2.75) is 105 Å². The van der Waals surface area contributed by atoms with E-state index < -0.39 is 0 Å². The van der Waals surface area contributed by atoms with Gasteiger partial charge in [-0.25, -0.2) is 0 Å². The van der Waals surface area contributed by atoms with Crippen LogP contribution in [0.3, 0.4) is 0 Å². The van der Waals surface area contributed by atoms with Crippen molar-refractivity contribution in [1.29, 1.82) is 0 Å². The van der Waals surface area contributed by atoms with Crippen LogP contribution in [-0.4, -0.2) is 0 Å². The van der Waals surface area contributed by atoms with Crippen molar-refractivity contribution in [3.8, 4) is 33.4 Å². The van der Waals surface area contributed by atoms with E-state index in [2.05, 4.69) is 250 Å². The van der Waals surface area contributed by atoms with Gasteiger partial charge in [0, 0.05) is 21.2 Å². The Balaban J connectivity index is 1.44. The Morgan fingerprint density at radius 1 is 0.377 bits per heavy atom. The van der Waals surface area contributed by atoms with Crippen molar-refractivity contribution in [1.82, 2.24) is 0 Å². The summed E-state index contributed by atoms with van der Waals surface area (Å²) in [6, 6.07) is 54.0. The first-order valence-electron chi connectivity index (χ1n) is 21.7. The lowest BCUT2D eigenvalue weighted by Crippen LogP contribution is -2.16. The van der Waals surface area contributed by atoms with Gasteiger partial charge in [-0.2, -0.15) is 0 Å². The fourth-order valence-corrected chi connectivity index (χ4v) is 8.73. The Hall–Kier alpha value is -5.38. The molecule has 0 radical (unpaired) electrons. The minimum absolute atomic E-state index is 0.00462. The number of rotatable bonds is 6. The molecule has 1 aromatic heterocycles. The number of hydrogen-bond acceptors (Lipinski definition) is 2. The maximum absolute atomic E-state index is 6.73. The number of furan rings is 1. The highest BCUT2D eigenvalue weighted by molar-refractivity contribution is 9.10. The molecule has 310 valence electrons. The number of hydrogen-bond donors (Lipinski definition) is 0. The molecule has 0 saturated heterocycles. The van der Waals surface area contributed by atoms with Crippen molar-refractivity contribution in [3.63, 3.8) is 0 Å². The van der Waals surface area contributed by atoms with E-state index in [1.807, 2.05) is 0 Å². The third kappa shape index (κ3) is 8.73. The van der Waals surface area contributed by atoms with Crippen LogP contribution in [0.2, 0.25) is 0 Å². The zero-order chi connectivity index (χ0) is 43.6. The Kier molecular flexibility index (Phi) is 10.8. The Bertz CT molecular complexity index is 2840. The van der Waals surface area contributed by atoms with Gasteiger partial charge in [-0.05, 0) is 126 Å². The van der Waals surface area contributed by atoms with Gasteiger partial charge in [-0.15, -0.1) is 0 Å². The Labute approximate surface area is 372 Å². The molecule has 8 aromatic rings.